The van der Waals surface area contributed by atoms with Gasteiger partial charge in [-0.2, -0.15) is 0 Å². The first kappa shape index (κ1) is 17.5. The third-order valence-corrected chi connectivity index (χ3v) is 4.30. The fraction of sp³-hybridized carbons (Fsp3) is 0.176. The highest BCUT2D eigenvalue weighted by Gasteiger charge is 2.12. The van der Waals surface area contributed by atoms with E-state index in [0.717, 1.165) is 5.56 Å². The number of para-hydroxylation sites is 1. The maximum Gasteiger partial charge on any atom is 0.328 e. The Bertz CT molecular complexity index is 1040. The summed E-state index contributed by atoms with van der Waals surface area (Å²) < 4.78 is 7.10. The molecule has 0 unspecified atom stereocenters. The van der Waals surface area contributed by atoms with Crippen LogP contribution in [0.25, 0.3) is 10.9 Å². The monoisotopic (exact) mass is 379 g/mol. The normalized spacial score (nSPS) is 11.0. The SMILES string of the molecule is NCc1ccccc1OCCn1c(=O)[nH]c(=O)c2c(Cl)cc(Cl)cc21. The Kier molecular flexibility index (Phi) is 5.13. The first-order chi connectivity index (χ1) is 12.0. The number of benzene rings is 2. The van der Waals surface area contributed by atoms with Crippen LogP contribution in [0.15, 0.2) is 46.0 Å². The van der Waals surface area contributed by atoms with Crippen LogP contribution < -0.4 is 21.7 Å². The second-order valence-corrected chi connectivity index (χ2v) is 6.20. The Hall–Kier alpha value is -2.28. The van der Waals surface area contributed by atoms with Gasteiger partial charge in [-0.25, -0.2) is 4.79 Å². The maximum absolute atomic E-state index is 12.2. The fourth-order valence-electron chi connectivity index (χ4n) is 2.62. The number of H-pyrrole nitrogens is 1. The number of hydrogen-bond donors (Lipinski definition) is 2. The first-order valence-corrected chi connectivity index (χ1v) is 8.29. The molecule has 130 valence electrons. The van der Waals surface area contributed by atoms with Gasteiger partial charge in [0.2, 0.25) is 0 Å². The van der Waals surface area contributed by atoms with E-state index in [1.54, 1.807) is 0 Å². The summed E-state index contributed by atoms with van der Waals surface area (Å²) in [5.74, 6) is 0.655. The van der Waals surface area contributed by atoms with E-state index in [-0.39, 0.29) is 23.6 Å². The Balaban J connectivity index is 1.94. The molecule has 0 radical (unpaired) electrons. The predicted molar refractivity (Wildman–Crippen MR) is 98.7 cm³/mol. The summed E-state index contributed by atoms with van der Waals surface area (Å²) in [5, 5.41) is 0.741. The number of nitrogens with one attached hydrogen (secondary N) is 1. The second kappa shape index (κ2) is 7.31. The molecule has 1 heterocycles. The predicted octanol–water partition coefficient (Wildman–Crippen LogP) is 2.53. The van der Waals surface area contributed by atoms with Crippen molar-refractivity contribution in [3.05, 3.63) is 72.8 Å². The molecular weight excluding hydrogens is 365 g/mol. The van der Waals surface area contributed by atoms with E-state index in [9.17, 15) is 9.59 Å². The molecule has 0 atom stereocenters. The van der Waals surface area contributed by atoms with Gasteiger partial charge in [-0.15, -0.1) is 0 Å². The molecule has 0 spiro atoms. The van der Waals surface area contributed by atoms with Gasteiger partial charge in [-0.1, -0.05) is 41.4 Å². The molecule has 8 heteroatoms. The van der Waals surface area contributed by atoms with Gasteiger partial charge in [0.15, 0.2) is 0 Å². The number of aromatic amines is 1. The van der Waals surface area contributed by atoms with Crippen molar-refractivity contribution in [3.8, 4) is 5.75 Å². The van der Waals surface area contributed by atoms with E-state index in [2.05, 4.69) is 4.98 Å². The molecule has 6 nitrogen and oxygen atoms in total. The Morgan fingerprint density at radius 2 is 1.92 bits per heavy atom. The third kappa shape index (κ3) is 3.56. The average molecular weight is 380 g/mol. The number of hydrogen-bond acceptors (Lipinski definition) is 4. The zero-order valence-corrected chi connectivity index (χ0v) is 14.6. The lowest BCUT2D eigenvalue weighted by molar-refractivity contribution is 0.295. The van der Waals surface area contributed by atoms with Crippen LogP contribution in [0.4, 0.5) is 0 Å². The zero-order chi connectivity index (χ0) is 18.0. The molecule has 0 amide bonds. The smallest absolute Gasteiger partial charge is 0.328 e. The summed E-state index contributed by atoms with van der Waals surface area (Å²) in [5.41, 5.74) is 5.81. The van der Waals surface area contributed by atoms with Crippen molar-refractivity contribution < 1.29 is 4.74 Å². The van der Waals surface area contributed by atoms with Crippen LogP contribution in [-0.2, 0) is 13.1 Å². The molecule has 1 aromatic heterocycles. The van der Waals surface area contributed by atoms with Crippen molar-refractivity contribution in [1.82, 2.24) is 9.55 Å². The van der Waals surface area contributed by atoms with E-state index in [1.807, 2.05) is 24.3 Å². The van der Waals surface area contributed by atoms with Crippen molar-refractivity contribution in [3.63, 3.8) is 0 Å². The Morgan fingerprint density at radius 1 is 1.16 bits per heavy atom. The number of halogens is 2. The largest absolute Gasteiger partial charge is 0.491 e. The van der Waals surface area contributed by atoms with Gasteiger partial charge in [-0.05, 0) is 18.2 Å². The molecule has 0 bridgehead atoms. The summed E-state index contributed by atoms with van der Waals surface area (Å²) in [4.78, 5) is 26.5. The first-order valence-electron chi connectivity index (χ1n) is 7.54. The fourth-order valence-corrected chi connectivity index (χ4v) is 3.18. The number of aromatic nitrogens is 2. The molecule has 0 aliphatic carbocycles. The van der Waals surface area contributed by atoms with Crippen molar-refractivity contribution in [2.45, 2.75) is 13.1 Å². The standard InChI is InChI=1S/C17H15Cl2N3O3/c18-11-7-12(19)15-13(8-11)22(17(24)21-16(15)23)5-6-25-14-4-2-1-3-10(14)9-20/h1-4,7-8H,5-6,9,20H2,(H,21,23,24). The van der Waals surface area contributed by atoms with Gasteiger partial charge in [0, 0.05) is 17.1 Å². The lowest BCUT2D eigenvalue weighted by atomic mass is 10.2. The lowest BCUT2D eigenvalue weighted by Gasteiger charge is -2.13. The zero-order valence-electron chi connectivity index (χ0n) is 13.1. The number of rotatable bonds is 5. The molecule has 3 aromatic rings. The maximum atomic E-state index is 12.2. The quantitative estimate of drug-likeness (QED) is 0.712. The van der Waals surface area contributed by atoms with Crippen molar-refractivity contribution in [1.29, 1.82) is 0 Å². The minimum Gasteiger partial charge on any atom is -0.491 e. The van der Waals surface area contributed by atoms with E-state index in [4.69, 9.17) is 33.7 Å². The van der Waals surface area contributed by atoms with Crippen molar-refractivity contribution >= 4 is 34.1 Å². The summed E-state index contributed by atoms with van der Waals surface area (Å²) in [6, 6.07) is 10.4. The second-order valence-electron chi connectivity index (χ2n) is 5.35. The Labute approximate surface area is 152 Å². The molecule has 25 heavy (non-hydrogen) atoms. The van der Waals surface area contributed by atoms with Gasteiger partial charge < -0.3 is 10.5 Å². The summed E-state index contributed by atoms with van der Waals surface area (Å²) >= 11 is 12.1. The number of ether oxygens (including phenoxy) is 1. The third-order valence-electron chi connectivity index (χ3n) is 3.78. The molecule has 2 aromatic carbocycles. The van der Waals surface area contributed by atoms with Gasteiger partial charge in [0.25, 0.3) is 5.56 Å². The summed E-state index contributed by atoms with van der Waals surface area (Å²) in [6.07, 6.45) is 0. The number of nitrogens with zero attached hydrogens (tertiary/aromatic N) is 1. The van der Waals surface area contributed by atoms with E-state index in [1.165, 1.54) is 16.7 Å². The van der Waals surface area contributed by atoms with Crippen LogP contribution >= 0.6 is 23.2 Å². The van der Waals surface area contributed by atoms with Crippen LogP contribution in [0.1, 0.15) is 5.56 Å². The molecule has 0 saturated carbocycles. The van der Waals surface area contributed by atoms with Crippen LogP contribution in [0.2, 0.25) is 10.0 Å². The molecule has 3 rings (SSSR count). The van der Waals surface area contributed by atoms with Gasteiger partial charge in [0.1, 0.15) is 12.4 Å². The van der Waals surface area contributed by atoms with Gasteiger partial charge in [-0.3, -0.25) is 14.3 Å². The van der Waals surface area contributed by atoms with E-state index in [0.29, 0.717) is 22.8 Å². The highest BCUT2D eigenvalue weighted by Crippen LogP contribution is 2.24. The molecule has 3 N–H and O–H groups in total. The molecule has 0 saturated heterocycles. The van der Waals surface area contributed by atoms with Crippen LogP contribution in [0.3, 0.4) is 0 Å². The summed E-state index contributed by atoms with van der Waals surface area (Å²) in [7, 11) is 0. The summed E-state index contributed by atoms with van der Waals surface area (Å²) in [6.45, 7) is 0.771. The molecule has 0 fully saturated rings. The minimum absolute atomic E-state index is 0.187. The van der Waals surface area contributed by atoms with Crippen LogP contribution in [0, 0.1) is 0 Å². The Morgan fingerprint density at radius 3 is 2.68 bits per heavy atom. The highest BCUT2D eigenvalue weighted by molar-refractivity contribution is 6.38. The highest BCUT2D eigenvalue weighted by atomic mass is 35.5. The molecule has 0 aliphatic rings. The van der Waals surface area contributed by atoms with E-state index >= 15 is 0 Å². The molecule has 0 aliphatic heterocycles. The van der Waals surface area contributed by atoms with E-state index < -0.39 is 11.2 Å². The lowest BCUT2D eigenvalue weighted by Crippen LogP contribution is -2.32. The van der Waals surface area contributed by atoms with Gasteiger partial charge in [0.05, 0.1) is 22.5 Å². The number of nitrogens with two attached hydrogens (primary N) is 1. The van der Waals surface area contributed by atoms with Crippen molar-refractivity contribution in [2.24, 2.45) is 5.73 Å². The number of fused-ring (bicyclic) bond motifs is 1. The topological polar surface area (TPSA) is 90.1 Å². The average Bonchev–Trinajstić information content (AvgIpc) is 2.57. The van der Waals surface area contributed by atoms with Crippen LogP contribution in [0.5, 0.6) is 5.75 Å². The van der Waals surface area contributed by atoms with Gasteiger partial charge >= 0.3 is 5.69 Å². The molecular formula is C17H15Cl2N3O3. The van der Waals surface area contributed by atoms with Crippen molar-refractivity contribution in [2.75, 3.05) is 6.61 Å². The van der Waals surface area contributed by atoms with Crippen LogP contribution in [-0.4, -0.2) is 16.2 Å². The minimum atomic E-state index is -0.549.